The number of nitrogens with one attached hydrogen (secondary N) is 1. The Labute approximate surface area is 194 Å². The molecule has 3 heterocycles. The Bertz CT molecular complexity index is 1050. The fraction of sp³-hybridized carbons (Fsp3) is 0.500. The summed E-state index contributed by atoms with van der Waals surface area (Å²) in [5.41, 5.74) is 0.442. The predicted octanol–water partition coefficient (Wildman–Crippen LogP) is 1.42. The van der Waals surface area contributed by atoms with Crippen molar-refractivity contribution < 1.29 is 17.9 Å². The van der Waals surface area contributed by atoms with Crippen LogP contribution in [-0.2, 0) is 14.8 Å². The van der Waals surface area contributed by atoms with Gasteiger partial charge >= 0.3 is 0 Å². The third kappa shape index (κ3) is 5.60. The lowest BCUT2D eigenvalue weighted by Gasteiger charge is -2.34. The van der Waals surface area contributed by atoms with Gasteiger partial charge in [-0.3, -0.25) is 9.69 Å². The highest BCUT2D eigenvalue weighted by molar-refractivity contribution is 7.89. The number of rotatable bonds is 8. The number of piperazine rings is 1. The summed E-state index contributed by atoms with van der Waals surface area (Å²) < 4.78 is 33.3. The van der Waals surface area contributed by atoms with Gasteiger partial charge in [0.15, 0.2) is 0 Å². The number of hydrogen-bond acceptors (Lipinski definition) is 8. The number of carbonyl (C=O) groups excluding carboxylic acids is 1. The van der Waals surface area contributed by atoms with Crippen LogP contribution in [0.2, 0.25) is 0 Å². The zero-order valence-corrected chi connectivity index (χ0v) is 19.6. The molecule has 2 fully saturated rings. The second-order valence-electron chi connectivity index (χ2n) is 8.07. The minimum atomic E-state index is -3.68. The van der Waals surface area contributed by atoms with E-state index in [0.717, 1.165) is 25.9 Å². The monoisotopic (exact) mass is 474 g/mol. The Morgan fingerprint density at radius 3 is 2.42 bits per heavy atom. The van der Waals surface area contributed by atoms with Crippen LogP contribution < -0.4 is 15.0 Å². The first-order valence-corrected chi connectivity index (χ1v) is 12.7. The van der Waals surface area contributed by atoms with E-state index < -0.39 is 10.0 Å². The number of nitrogens with zero attached hydrogens (tertiary/aromatic N) is 5. The fourth-order valence-electron chi connectivity index (χ4n) is 4.09. The molecule has 0 bridgehead atoms. The topological polar surface area (TPSA) is 108 Å². The summed E-state index contributed by atoms with van der Waals surface area (Å²) >= 11 is 0. The SMILES string of the molecule is CCOc1ccc(NC(=O)CN2CCN(c3ncccn3)CC2)cc1S(=O)(=O)N1CCCC1. The number of aromatic nitrogens is 2. The Morgan fingerprint density at radius 2 is 1.76 bits per heavy atom. The van der Waals surface area contributed by atoms with Crippen LogP contribution in [0.1, 0.15) is 19.8 Å². The fourth-order valence-corrected chi connectivity index (χ4v) is 5.77. The van der Waals surface area contributed by atoms with E-state index >= 15 is 0 Å². The first-order valence-electron chi connectivity index (χ1n) is 11.3. The second-order valence-corrected chi connectivity index (χ2v) is 9.97. The molecule has 2 aliphatic rings. The van der Waals surface area contributed by atoms with Gasteiger partial charge in [-0.05, 0) is 44.0 Å². The molecule has 1 N–H and O–H groups in total. The van der Waals surface area contributed by atoms with Crippen LogP contribution in [0.25, 0.3) is 0 Å². The molecule has 2 aromatic rings. The lowest BCUT2D eigenvalue weighted by molar-refractivity contribution is -0.117. The molecule has 4 rings (SSSR count). The number of sulfonamides is 1. The van der Waals surface area contributed by atoms with E-state index in [2.05, 4.69) is 25.1 Å². The van der Waals surface area contributed by atoms with Crippen molar-refractivity contribution in [3.8, 4) is 5.75 Å². The van der Waals surface area contributed by atoms with Gasteiger partial charge in [-0.2, -0.15) is 4.31 Å². The molecule has 0 saturated carbocycles. The first kappa shape index (κ1) is 23.4. The molecule has 2 saturated heterocycles. The summed E-state index contributed by atoms with van der Waals surface area (Å²) in [6.45, 7) is 6.30. The highest BCUT2D eigenvalue weighted by Crippen LogP contribution is 2.31. The summed E-state index contributed by atoms with van der Waals surface area (Å²) in [7, 11) is -3.68. The van der Waals surface area contributed by atoms with Gasteiger partial charge in [0.2, 0.25) is 21.9 Å². The minimum Gasteiger partial charge on any atom is -0.492 e. The summed E-state index contributed by atoms with van der Waals surface area (Å²) in [4.78, 5) is 25.5. The Morgan fingerprint density at radius 1 is 1.06 bits per heavy atom. The molecule has 0 spiro atoms. The molecule has 33 heavy (non-hydrogen) atoms. The van der Waals surface area contributed by atoms with Crippen molar-refractivity contribution in [3.05, 3.63) is 36.7 Å². The van der Waals surface area contributed by atoms with Crippen LogP contribution >= 0.6 is 0 Å². The van der Waals surface area contributed by atoms with E-state index in [1.165, 1.54) is 10.4 Å². The molecule has 11 heteroatoms. The second kappa shape index (κ2) is 10.4. The normalized spacial score (nSPS) is 17.8. The Balaban J connectivity index is 1.39. The maximum atomic E-state index is 13.1. The van der Waals surface area contributed by atoms with E-state index in [1.54, 1.807) is 30.6 Å². The third-order valence-corrected chi connectivity index (χ3v) is 7.70. The minimum absolute atomic E-state index is 0.0977. The maximum absolute atomic E-state index is 13.1. The molecule has 10 nitrogen and oxygen atoms in total. The molecule has 1 amide bonds. The van der Waals surface area contributed by atoms with Crippen LogP contribution in [0.3, 0.4) is 0 Å². The van der Waals surface area contributed by atoms with Crippen molar-refractivity contribution in [3.63, 3.8) is 0 Å². The van der Waals surface area contributed by atoms with Gasteiger partial charge in [0, 0.05) is 57.3 Å². The number of hydrogen-bond donors (Lipinski definition) is 1. The third-order valence-electron chi connectivity index (χ3n) is 5.78. The van der Waals surface area contributed by atoms with Gasteiger partial charge in [0.1, 0.15) is 10.6 Å². The van der Waals surface area contributed by atoms with Crippen LogP contribution in [-0.4, -0.2) is 85.9 Å². The van der Waals surface area contributed by atoms with Crippen molar-refractivity contribution in [2.24, 2.45) is 0 Å². The van der Waals surface area contributed by atoms with Crippen LogP contribution in [0, 0.1) is 0 Å². The molecule has 178 valence electrons. The van der Waals surface area contributed by atoms with Gasteiger partial charge in [0.25, 0.3) is 0 Å². The highest BCUT2D eigenvalue weighted by atomic mass is 32.2. The lowest BCUT2D eigenvalue weighted by atomic mass is 10.3. The van der Waals surface area contributed by atoms with E-state index in [-0.39, 0.29) is 17.3 Å². The quantitative estimate of drug-likeness (QED) is 0.612. The number of anilines is 2. The summed E-state index contributed by atoms with van der Waals surface area (Å²) in [5, 5.41) is 2.85. The standard InChI is InChI=1S/C22H30N6O4S/c1-2-32-19-7-6-18(16-20(19)33(30,31)28-10-3-4-11-28)25-21(29)17-26-12-14-27(15-13-26)22-23-8-5-9-24-22/h5-9,16H,2-4,10-15,17H2,1H3,(H,25,29). The van der Waals surface area contributed by atoms with Gasteiger partial charge in [0.05, 0.1) is 13.2 Å². The van der Waals surface area contributed by atoms with Gasteiger partial charge < -0.3 is 15.0 Å². The average molecular weight is 475 g/mol. The highest BCUT2D eigenvalue weighted by Gasteiger charge is 2.30. The van der Waals surface area contributed by atoms with E-state index in [9.17, 15) is 13.2 Å². The summed E-state index contributed by atoms with van der Waals surface area (Å²) in [6, 6.07) is 6.57. The van der Waals surface area contributed by atoms with Crippen molar-refractivity contribution in [2.75, 3.05) is 62.6 Å². The molecule has 2 aliphatic heterocycles. The molecule has 0 atom stereocenters. The predicted molar refractivity (Wildman–Crippen MR) is 125 cm³/mol. The zero-order valence-electron chi connectivity index (χ0n) is 18.8. The van der Waals surface area contributed by atoms with Gasteiger partial charge in [-0.1, -0.05) is 0 Å². The molecule has 1 aromatic carbocycles. The summed E-state index contributed by atoms with van der Waals surface area (Å²) in [6.07, 6.45) is 5.14. The molecule has 0 unspecified atom stereocenters. The van der Waals surface area contributed by atoms with Crippen molar-refractivity contribution in [1.82, 2.24) is 19.2 Å². The number of benzene rings is 1. The van der Waals surface area contributed by atoms with Crippen molar-refractivity contribution >= 4 is 27.6 Å². The lowest BCUT2D eigenvalue weighted by Crippen LogP contribution is -2.49. The first-order chi connectivity index (χ1) is 16.0. The van der Waals surface area contributed by atoms with E-state index in [0.29, 0.717) is 50.2 Å². The Kier molecular flexibility index (Phi) is 7.41. The van der Waals surface area contributed by atoms with E-state index in [1.807, 2.05) is 6.92 Å². The molecule has 0 aliphatic carbocycles. The zero-order chi connectivity index (χ0) is 23.3. The summed E-state index contributed by atoms with van der Waals surface area (Å²) in [5.74, 6) is 0.817. The molecular weight excluding hydrogens is 444 g/mol. The van der Waals surface area contributed by atoms with Crippen LogP contribution in [0.15, 0.2) is 41.6 Å². The van der Waals surface area contributed by atoms with Gasteiger partial charge in [-0.25, -0.2) is 18.4 Å². The largest absolute Gasteiger partial charge is 0.492 e. The molecule has 0 radical (unpaired) electrons. The molecular formula is C22H30N6O4S. The van der Waals surface area contributed by atoms with E-state index in [4.69, 9.17) is 4.74 Å². The number of amides is 1. The molecule has 1 aromatic heterocycles. The van der Waals surface area contributed by atoms with Crippen LogP contribution in [0.5, 0.6) is 5.75 Å². The maximum Gasteiger partial charge on any atom is 0.246 e. The Hall–Kier alpha value is -2.76. The smallest absolute Gasteiger partial charge is 0.246 e. The average Bonchev–Trinajstić information content (AvgIpc) is 3.37. The number of carbonyl (C=O) groups is 1. The van der Waals surface area contributed by atoms with Gasteiger partial charge in [-0.15, -0.1) is 0 Å². The van der Waals surface area contributed by atoms with Crippen LogP contribution in [0.4, 0.5) is 11.6 Å². The van der Waals surface area contributed by atoms with Crippen molar-refractivity contribution in [1.29, 1.82) is 0 Å². The number of ether oxygens (including phenoxy) is 1. The van der Waals surface area contributed by atoms with Crippen molar-refractivity contribution in [2.45, 2.75) is 24.7 Å².